The molecule has 6 heteroatoms. The average molecular weight is 323 g/mol. The minimum Gasteiger partial charge on any atom is -0.479 e. The van der Waals surface area contributed by atoms with E-state index in [2.05, 4.69) is 10.5 Å². The van der Waals surface area contributed by atoms with Crippen LogP contribution in [0.25, 0.3) is 0 Å². The summed E-state index contributed by atoms with van der Waals surface area (Å²) in [7, 11) is 0. The van der Waals surface area contributed by atoms with Crippen LogP contribution >= 0.6 is 11.6 Å². The number of hydrogen-bond donors (Lipinski definition) is 1. The SMILES string of the molecule is C[C@@H](Oc1ccccc1Cl)C(=O)Nc1cc(C(C)(C)C)on1. The van der Waals surface area contributed by atoms with Crippen LogP contribution in [-0.4, -0.2) is 17.2 Å². The van der Waals surface area contributed by atoms with Gasteiger partial charge in [-0.15, -0.1) is 0 Å². The van der Waals surface area contributed by atoms with E-state index < -0.39 is 6.10 Å². The molecule has 0 aliphatic carbocycles. The van der Waals surface area contributed by atoms with Crippen LogP contribution in [0.15, 0.2) is 34.9 Å². The highest BCUT2D eigenvalue weighted by Gasteiger charge is 2.22. The minimum absolute atomic E-state index is 0.171. The van der Waals surface area contributed by atoms with Crippen molar-refractivity contribution in [3.8, 4) is 5.75 Å². The van der Waals surface area contributed by atoms with E-state index in [4.69, 9.17) is 20.9 Å². The molecule has 0 saturated carbocycles. The Hall–Kier alpha value is -2.01. The second kappa shape index (κ2) is 6.40. The summed E-state index contributed by atoms with van der Waals surface area (Å²) in [5.41, 5.74) is -0.171. The number of carbonyl (C=O) groups is 1. The van der Waals surface area contributed by atoms with Gasteiger partial charge in [-0.25, -0.2) is 0 Å². The lowest BCUT2D eigenvalue weighted by Crippen LogP contribution is -2.30. The Morgan fingerprint density at radius 1 is 1.36 bits per heavy atom. The third kappa shape index (κ3) is 4.01. The predicted molar refractivity (Wildman–Crippen MR) is 85.4 cm³/mol. The first kappa shape index (κ1) is 16.4. The van der Waals surface area contributed by atoms with E-state index in [1.807, 2.05) is 20.8 Å². The summed E-state index contributed by atoms with van der Waals surface area (Å²) in [6.07, 6.45) is -0.713. The maximum atomic E-state index is 12.1. The van der Waals surface area contributed by atoms with Gasteiger partial charge in [-0.2, -0.15) is 0 Å². The number of nitrogens with zero attached hydrogens (tertiary/aromatic N) is 1. The molecule has 0 aliphatic heterocycles. The molecule has 0 aliphatic rings. The van der Waals surface area contributed by atoms with Crippen LogP contribution in [0.5, 0.6) is 5.75 Å². The van der Waals surface area contributed by atoms with Gasteiger partial charge in [-0.05, 0) is 19.1 Å². The summed E-state index contributed by atoms with van der Waals surface area (Å²) in [5.74, 6) is 1.20. The van der Waals surface area contributed by atoms with Gasteiger partial charge in [0.2, 0.25) is 0 Å². The summed E-state index contributed by atoms with van der Waals surface area (Å²) in [5, 5.41) is 6.96. The maximum absolute atomic E-state index is 12.1. The third-order valence-corrected chi connectivity index (χ3v) is 3.32. The van der Waals surface area contributed by atoms with Crippen molar-refractivity contribution < 1.29 is 14.1 Å². The van der Waals surface area contributed by atoms with Gasteiger partial charge in [0.25, 0.3) is 5.91 Å². The van der Waals surface area contributed by atoms with E-state index in [0.29, 0.717) is 22.4 Å². The molecule has 0 bridgehead atoms. The van der Waals surface area contributed by atoms with E-state index in [-0.39, 0.29) is 11.3 Å². The highest BCUT2D eigenvalue weighted by molar-refractivity contribution is 6.32. The molecular weight excluding hydrogens is 304 g/mol. The average Bonchev–Trinajstić information content (AvgIpc) is 2.89. The summed E-state index contributed by atoms with van der Waals surface area (Å²) < 4.78 is 10.8. The van der Waals surface area contributed by atoms with Crippen LogP contribution in [0.2, 0.25) is 5.02 Å². The summed E-state index contributed by atoms with van der Waals surface area (Å²) in [6.45, 7) is 7.65. The zero-order chi connectivity index (χ0) is 16.3. The van der Waals surface area contributed by atoms with Crippen LogP contribution in [0.4, 0.5) is 5.82 Å². The molecule has 2 aromatic rings. The van der Waals surface area contributed by atoms with Gasteiger partial charge in [-0.3, -0.25) is 4.79 Å². The largest absolute Gasteiger partial charge is 0.479 e. The van der Waals surface area contributed by atoms with Crippen molar-refractivity contribution in [3.05, 3.63) is 41.1 Å². The Morgan fingerprint density at radius 2 is 2.05 bits per heavy atom. The lowest BCUT2D eigenvalue weighted by atomic mass is 9.93. The van der Waals surface area contributed by atoms with Gasteiger partial charge >= 0.3 is 0 Å². The number of aromatic nitrogens is 1. The summed E-state index contributed by atoms with van der Waals surface area (Å²) in [6, 6.07) is 8.71. The van der Waals surface area contributed by atoms with Gasteiger partial charge < -0.3 is 14.6 Å². The minimum atomic E-state index is -0.713. The molecule has 1 N–H and O–H groups in total. The molecule has 1 atom stereocenters. The zero-order valence-corrected chi connectivity index (χ0v) is 13.8. The highest BCUT2D eigenvalue weighted by atomic mass is 35.5. The number of hydrogen-bond acceptors (Lipinski definition) is 4. The lowest BCUT2D eigenvalue weighted by molar-refractivity contribution is -0.122. The molecule has 22 heavy (non-hydrogen) atoms. The van der Waals surface area contributed by atoms with Crippen molar-refractivity contribution >= 4 is 23.3 Å². The molecule has 2 rings (SSSR count). The molecule has 0 fully saturated rings. The lowest BCUT2D eigenvalue weighted by Gasteiger charge is -2.14. The van der Waals surface area contributed by atoms with Crippen LogP contribution in [0.1, 0.15) is 33.5 Å². The second-order valence-corrected chi connectivity index (χ2v) is 6.41. The van der Waals surface area contributed by atoms with Crippen LogP contribution in [0, 0.1) is 0 Å². The summed E-state index contributed by atoms with van der Waals surface area (Å²) >= 11 is 6.00. The van der Waals surface area contributed by atoms with Gasteiger partial charge in [0.05, 0.1) is 5.02 Å². The zero-order valence-electron chi connectivity index (χ0n) is 13.0. The van der Waals surface area contributed by atoms with Crippen LogP contribution in [0.3, 0.4) is 0 Å². The van der Waals surface area contributed by atoms with E-state index in [1.165, 1.54) is 0 Å². The first-order chi connectivity index (χ1) is 10.3. The Bertz CT molecular complexity index is 661. The molecular formula is C16H19ClN2O3. The summed E-state index contributed by atoms with van der Waals surface area (Å²) in [4.78, 5) is 12.1. The van der Waals surface area contributed by atoms with E-state index in [9.17, 15) is 4.79 Å². The van der Waals surface area contributed by atoms with Gasteiger partial charge in [-0.1, -0.05) is 49.7 Å². The number of benzene rings is 1. The maximum Gasteiger partial charge on any atom is 0.266 e. The third-order valence-electron chi connectivity index (χ3n) is 3.01. The van der Waals surface area contributed by atoms with Crippen molar-refractivity contribution in [2.45, 2.75) is 39.2 Å². The van der Waals surface area contributed by atoms with Crippen molar-refractivity contribution in [2.75, 3.05) is 5.32 Å². The van der Waals surface area contributed by atoms with Gasteiger partial charge in [0, 0.05) is 11.5 Å². The molecule has 0 unspecified atom stereocenters. The predicted octanol–water partition coefficient (Wildman–Crippen LogP) is 4.03. The quantitative estimate of drug-likeness (QED) is 0.923. The van der Waals surface area contributed by atoms with Gasteiger partial charge in [0.15, 0.2) is 11.9 Å². The number of anilines is 1. The molecule has 1 aromatic carbocycles. The Labute approximate surface area is 134 Å². The molecule has 5 nitrogen and oxygen atoms in total. The van der Waals surface area contributed by atoms with E-state index in [1.54, 1.807) is 37.3 Å². The first-order valence-electron chi connectivity index (χ1n) is 6.96. The van der Waals surface area contributed by atoms with Crippen LogP contribution < -0.4 is 10.1 Å². The molecule has 1 heterocycles. The fourth-order valence-electron chi connectivity index (χ4n) is 1.70. The Balaban J connectivity index is 2.00. The van der Waals surface area contributed by atoms with Crippen molar-refractivity contribution in [1.29, 1.82) is 0 Å². The Morgan fingerprint density at radius 3 is 2.64 bits per heavy atom. The molecule has 0 spiro atoms. The van der Waals surface area contributed by atoms with Gasteiger partial charge in [0.1, 0.15) is 11.5 Å². The van der Waals surface area contributed by atoms with Crippen molar-refractivity contribution in [1.82, 2.24) is 5.16 Å². The number of halogens is 1. The van der Waals surface area contributed by atoms with Crippen molar-refractivity contribution in [3.63, 3.8) is 0 Å². The van der Waals surface area contributed by atoms with E-state index >= 15 is 0 Å². The first-order valence-corrected chi connectivity index (χ1v) is 7.34. The number of ether oxygens (including phenoxy) is 1. The fraction of sp³-hybridized carbons (Fsp3) is 0.375. The van der Waals surface area contributed by atoms with Crippen LogP contribution in [-0.2, 0) is 10.2 Å². The standard InChI is InChI=1S/C16H19ClN2O3/c1-10(21-12-8-6-5-7-11(12)17)15(20)18-14-9-13(22-19-14)16(2,3)4/h5-10H,1-4H3,(H,18,19,20)/t10-/m1/s1. The molecule has 1 aromatic heterocycles. The molecule has 1 amide bonds. The number of rotatable bonds is 4. The van der Waals surface area contributed by atoms with Crippen molar-refractivity contribution in [2.24, 2.45) is 0 Å². The second-order valence-electron chi connectivity index (χ2n) is 6.01. The number of carbonyl (C=O) groups excluding carboxylic acids is 1. The number of amides is 1. The number of nitrogens with one attached hydrogen (secondary N) is 1. The van der Waals surface area contributed by atoms with E-state index in [0.717, 1.165) is 0 Å². The fourth-order valence-corrected chi connectivity index (χ4v) is 1.88. The smallest absolute Gasteiger partial charge is 0.266 e. The Kier molecular flexibility index (Phi) is 4.76. The molecule has 118 valence electrons. The molecule has 0 radical (unpaired) electrons. The normalized spacial score (nSPS) is 12.8. The number of para-hydroxylation sites is 1. The topological polar surface area (TPSA) is 64.4 Å². The monoisotopic (exact) mass is 322 g/mol. The highest BCUT2D eigenvalue weighted by Crippen LogP contribution is 2.26. The molecule has 0 saturated heterocycles.